The van der Waals surface area contributed by atoms with E-state index in [1.807, 2.05) is 13.1 Å². The summed E-state index contributed by atoms with van der Waals surface area (Å²) in [6.45, 7) is 10.9. The van der Waals surface area contributed by atoms with E-state index >= 15 is 0 Å². The summed E-state index contributed by atoms with van der Waals surface area (Å²) in [5.74, 6) is 2.13. The average molecular weight is 304 g/mol. The van der Waals surface area contributed by atoms with Crippen molar-refractivity contribution in [3.63, 3.8) is 0 Å². The van der Waals surface area contributed by atoms with Gasteiger partial charge in [-0.2, -0.15) is 0 Å². The minimum atomic E-state index is 0.0598. The molecule has 0 bridgehead atoms. The molecule has 0 atom stereocenters. The highest BCUT2D eigenvalue weighted by molar-refractivity contribution is 7.10. The Morgan fingerprint density at radius 3 is 2.43 bits per heavy atom. The summed E-state index contributed by atoms with van der Waals surface area (Å²) in [5.41, 5.74) is 1.99. The molecule has 0 aliphatic carbocycles. The highest BCUT2D eigenvalue weighted by Gasteiger charge is 2.19. The number of nitrogens with zero attached hydrogens (tertiary/aromatic N) is 3. The third-order valence-electron chi connectivity index (χ3n) is 3.03. The third kappa shape index (κ3) is 4.00. The van der Waals surface area contributed by atoms with Gasteiger partial charge in [-0.15, -0.1) is 11.3 Å². The van der Waals surface area contributed by atoms with E-state index in [4.69, 9.17) is 4.98 Å². The predicted octanol–water partition coefficient (Wildman–Crippen LogP) is 4.14. The topological polar surface area (TPSA) is 50.7 Å². The molecule has 0 aliphatic rings. The maximum Gasteiger partial charge on any atom is 0.181 e. The van der Waals surface area contributed by atoms with Crippen molar-refractivity contribution in [2.24, 2.45) is 5.92 Å². The molecule has 0 fully saturated rings. The molecule has 0 aromatic carbocycles. The second kappa shape index (κ2) is 6.10. The molecular weight excluding hydrogens is 280 g/mol. The molecule has 2 aromatic heterocycles. The first-order chi connectivity index (χ1) is 9.79. The van der Waals surface area contributed by atoms with E-state index < -0.39 is 0 Å². The summed E-state index contributed by atoms with van der Waals surface area (Å²) in [5, 5.41) is 6.27. The van der Waals surface area contributed by atoms with Crippen LogP contribution < -0.4 is 5.32 Å². The van der Waals surface area contributed by atoms with Crippen LogP contribution in [0.2, 0.25) is 0 Å². The van der Waals surface area contributed by atoms with Gasteiger partial charge >= 0.3 is 0 Å². The van der Waals surface area contributed by atoms with Crippen molar-refractivity contribution in [2.45, 2.75) is 46.5 Å². The van der Waals surface area contributed by atoms with E-state index in [-0.39, 0.29) is 5.41 Å². The van der Waals surface area contributed by atoms with Crippen molar-refractivity contribution in [2.75, 3.05) is 12.4 Å². The van der Waals surface area contributed by atoms with Gasteiger partial charge in [-0.05, 0) is 12.3 Å². The zero-order valence-electron chi connectivity index (χ0n) is 13.7. The maximum atomic E-state index is 4.71. The van der Waals surface area contributed by atoms with Gasteiger partial charge in [0.1, 0.15) is 11.5 Å². The Morgan fingerprint density at radius 1 is 1.19 bits per heavy atom. The summed E-state index contributed by atoms with van der Waals surface area (Å²) >= 11 is 1.67. The first kappa shape index (κ1) is 15.9. The molecule has 1 N–H and O–H groups in total. The van der Waals surface area contributed by atoms with Gasteiger partial charge in [0.05, 0.1) is 5.01 Å². The number of hydrogen-bond acceptors (Lipinski definition) is 5. The van der Waals surface area contributed by atoms with Crippen molar-refractivity contribution in [1.29, 1.82) is 0 Å². The van der Waals surface area contributed by atoms with Crippen LogP contribution in [0, 0.1) is 5.92 Å². The van der Waals surface area contributed by atoms with Crippen molar-refractivity contribution >= 4 is 17.2 Å². The van der Waals surface area contributed by atoms with Crippen LogP contribution in [-0.4, -0.2) is 22.0 Å². The Balaban J connectivity index is 2.40. The fourth-order valence-electron chi connectivity index (χ4n) is 1.98. The smallest absolute Gasteiger partial charge is 0.181 e. The standard InChI is InChI=1S/C16H24N4S/c1-10(2)7-11-8-13(17-6)20-14(18-11)12-9-21-15(19-12)16(3,4)5/h8-10H,7H2,1-6H3,(H,17,18,20). The summed E-state index contributed by atoms with van der Waals surface area (Å²) in [6.07, 6.45) is 0.945. The first-order valence-corrected chi connectivity index (χ1v) is 8.19. The van der Waals surface area contributed by atoms with Crippen LogP contribution in [-0.2, 0) is 11.8 Å². The van der Waals surface area contributed by atoms with Crippen molar-refractivity contribution in [3.8, 4) is 11.5 Å². The lowest BCUT2D eigenvalue weighted by Gasteiger charge is -2.13. The molecule has 4 nitrogen and oxygen atoms in total. The van der Waals surface area contributed by atoms with E-state index in [9.17, 15) is 0 Å². The summed E-state index contributed by atoms with van der Waals surface area (Å²) in [6, 6.07) is 2.01. The molecule has 0 aliphatic heterocycles. The average Bonchev–Trinajstić information content (AvgIpc) is 2.86. The molecule has 2 rings (SSSR count). The van der Waals surface area contributed by atoms with Crippen LogP contribution in [0.25, 0.3) is 11.5 Å². The minimum absolute atomic E-state index is 0.0598. The normalized spacial score (nSPS) is 12.0. The number of aromatic nitrogens is 3. The number of anilines is 1. The second-order valence-electron chi connectivity index (χ2n) is 6.70. The van der Waals surface area contributed by atoms with Crippen LogP contribution >= 0.6 is 11.3 Å². The zero-order chi connectivity index (χ0) is 15.6. The molecule has 0 amide bonds. The number of nitrogens with one attached hydrogen (secondary N) is 1. The Morgan fingerprint density at radius 2 is 1.90 bits per heavy atom. The second-order valence-corrected chi connectivity index (χ2v) is 7.56. The quantitative estimate of drug-likeness (QED) is 0.922. The molecule has 0 saturated heterocycles. The van der Waals surface area contributed by atoms with Crippen LogP contribution in [0.1, 0.15) is 45.3 Å². The predicted molar refractivity (Wildman–Crippen MR) is 89.9 cm³/mol. The molecular formula is C16H24N4S. The third-order valence-corrected chi connectivity index (χ3v) is 4.30. The lowest BCUT2D eigenvalue weighted by atomic mass is 9.98. The molecule has 0 spiro atoms. The van der Waals surface area contributed by atoms with E-state index in [1.54, 1.807) is 11.3 Å². The van der Waals surface area contributed by atoms with Crippen molar-refractivity contribution in [1.82, 2.24) is 15.0 Å². The number of thiazole rings is 1. The Bertz CT molecular complexity index is 611. The molecule has 5 heteroatoms. The van der Waals surface area contributed by atoms with Crippen LogP contribution in [0.4, 0.5) is 5.82 Å². The molecule has 0 unspecified atom stereocenters. The van der Waals surface area contributed by atoms with E-state index in [1.165, 1.54) is 0 Å². The molecule has 2 aromatic rings. The SMILES string of the molecule is CNc1cc(CC(C)C)nc(-c2csc(C(C)(C)C)n2)n1. The van der Waals surface area contributed by atoms with Gasteiger partial charge in [0, 0.05) is 29.6 Å². The van der Waals surface area contributed by atoms with Gasteiger partial charge in [-0.25, -0.2) is 15.0 Å². The Hall–Kier alpha value is -1.49. The van der Waals surface area contributed by atoms with E-state index in [0.29, 0.717) is 11.7 Å². The Labute approximate surface area is 131 Å². The van der Waals surface area contributed by atoms with Gasteiger partial charge in [0.2, 0.25) is 0 Å². The highest BCUT2D eigenvalue weighted by Crippen LogP contribution is 2.29. The minimum Gasteiger partial charge on any atom is -0.373 e. The van der Waals surface area contributed by atoms with E-state index in [2.05, 4.69) is 55.3 Å². The largest absolute Gasteiger partial charge is 0.373 e. The summed E-state index contributed by atoms with van der Waals surface area (Å²) in [7, 11) is 1.88. The summed E-state index contributed by atoms with van der Waals surface area (Å²) in [4.78, 5) is 13.9. The van der Waals surface area contributed by atoms with Gasteiger partial charge in [-0.1, -0.05) is 34.6 Å². The van der Waals surface area contributed by atoms with Crippen molar-refractivity contribution < 1.29 is 0 Å². The van der Waals surface area contributed by atoms with Gasteiger partial charge < -0.3 is 5.32 Å². The van der Waals surface area contributed by atoms with Gasteiger partial charge in [0.25, 0.3) is 0 Å². The summed E-state index contributed by atoms with van der Waals surface area (Å²) < 4.78 is 0. The molecule has 21 heavy (non-hydrogen) atoms. The highest BCUT2D eigenvalue weighted by atomic mass is 32.1. The molecule has 0 radical (unpaired) electrons. The van der Waals surface area contributed by atoms with Gasteiger partial charge in [0.15, 0.2) is 5.82 Å². The van der Waals surface area contributed by atoms with Crippen LogP contribution in [0.3, 0.4) is 0 Å². The van der Waals surface area contributed by atoms with Crippen LogP contribution in [0.5, 0.6) is 0 Å². The lowest BCUT2D eigenvalue weighted by Crippen LogP contribution is -2.10. The van der Waals surface area contributed by atoms with Crippen LogP contribution in [0.15, 0.2) is 11.4 Å². The molecule has 114 valence electrons. The fourth-order valence-corrected chi connectivity index (χ4v) is 2.87. The fraction of sp³-hybridized carbons (Fsp3) is 0.562. The maximum absolute atomic E-state index is 4.71. The van der Waals surface area contributed by atoms with Crippen molar-refractivity contribution in [3.05, 3.63) is 22.1 Å². The van der Waals surface area contributed by atoms with Gasteiger partial charge in [-0.3, -0.25) is 0 Å². The van der Waals surface area contributed by atoms with E-state index in [0.717, 1.165) is 28.6 Å². The lowest BCUT2D eigenvalue weighted by molar-refractivity contribution is 0.585. The monoisotopic (exact) mass is 304 g/mol. The number of rotatable bonds is 4. The molecule has 2 heterocycles. The Kier molecular flexibility index (Phi) is 4.61. The molecule has 0 saturated carbocycles. The zero-order valence-corrected chi connectivity index (χ0v) is 14.5. The number of hydrogen-bond donors (Lipinski definition) is 1. The first-order valence-electron chi connectivity index (χ1n) is 7.31.